The van der Waals surface area contributed by atoms with Crippen molar-refractivity contribution in [1.82, 2.24) is 10.2 Å². The lowest BCUT2D eigenvalue weighted by molar-refractivity contribution is -0.0412. The zero-order valence-electron chi connectivity index (χ0n) is 13.6. The van der Waals surface area contributed by atoms with Gasteiger partial charge in [-0.15, -0.1) is 0 Å². The lowest BCUT2D eigenvalue weighted by Crippen LogP contribution is -2.46. The third-order valence-corrected chi connectivity index (χ3v) is 4.42. The zero-order valence-corrected chi connectivity index (χ0v) is 13.6. The monoisotopic (exact) mass is 300 g/mol. The molecule has 5 nitrogen and oxygen atoms in total. The van der Waals surface area contributed by atoms with E-state index in [-0.39, 0.29) is 6.10 Å². The molecular weight excluding hydrogens is 268 g/mol. The van der Waals surface area contributed by atoms with Gasteiger partial charge < -0.3 is 24.8 Å². The molecule has 2 rings (SSSR count). The van der Waals surface area contributed by atoms with Crippen LogP contribution >= 0.6 is 0 Å². The number of β-amino-alcohol motifs (C(OH)–C–C–N with tert-alkyl or cyclic N) is 1. The van der Waals surface area contributed by atoms with Crippen molar-refractivity contribution >= 4 is 0 Å². The highest BCUT2D eigenvalue weighted by Crippen LogP contribution is 2.28. The molecule has 2 N–H and O–H groups in total. The predicted molar refractivity (Wildman–Crippen MR) is 83.5 cm³/mol. The molecule has 21 heavy (non-hydrogen) atoms. The largest absolute Gasteiger partial charge is 0.389 e. The fraction of sp³-hybridized carbons (Fsp3) is 1.00. The van der Waals surface area contributed by atoms with E-state index in [9.17, 15) is 5.11 Å². The second kappa shape index (κ2) is 9.06. The average molecular weight is 300 g/mol. The molecular formula is C16H32N2O3. The van der Waals surface area contributed by atoms with Crippen LogP contribution in [0.5, 0.6) is 0 Å². The Morgan fingerprint density at radius 3 is 2.52 bits per heavy atom. The SMILES string of the molecule is COCC(C)OCC(O)CN1CCC(NCC2CC2)CC1. The highest BCUT2D eigenvalue weighted by atomic mass is 16.5. The number of aliphatic hydroxyl groups excluding tert-OH is 1. The molecule has 0 spiro atoms. The first-order valence-electron chi connectivity index (χ1n) is 8.41. The normalized spacial score (nSPS) is 24.1. The molecule has 124 valence electrons. The van der Waals surface area contributed by atoms with Gasteiger partial charge in [0.1, 0.15) is 0 Å². The average Bonchev–Trinajstić information content (AvgIpc) is 3.29. The van der Waals surface area contributed by atoms with Crippen molar-refractivity contribution in [3.8, 4) is 0 Å². The molecule has 1 saturated carbocycles. The minimum absolute atomic E-state index is 0.0435. The van der Waals surface area contributed by atoms with Gasteiger partial charge in [0.25, 0.3) is 0 Å². The van der Waals surface area contributed by atoms with E-state index in [2.05, 4.69) is 10.2 Å². The molecule has 0 amide bonds. The summed E-state index contributed by atoms with van der Waals surface area (Å²) in [5.74, 6) is 0.955. The van der Waals surface area contributed by atoms with E-state index in [1.807, 2.05) is 6.92 Å². The van der Waals surface area contributed by atoms with Crippen LogP contribution < -0.4 is 5.32 Å². The number of nitrogens with zero attached hydrogens (tertiary/aromatic N) is 1. The van der Waals surface area contributed by atoms with Gasteiger partial charge in [0, 0.05) is 19.7 Å². The van der Waals surface area contributed by atoms with Gasteiger partial charge in [-0.05, 0) is 58.2 Å². The number of likely N-dealkylation sites (tertiary alicyclic amines) is 1. The first kappa shape index (κ1) is 17.2. The van der Waals surface area contributed by atoms with Gasteiger partial charge in [-0.2, -0.15) is 0 Å². The van der Waals surface area contributed by atoms with Crippen molar-refractivity contribution < 1.29 is 14.6 Å². The maximum Gasteiger partial charge on any atom is 0.0900 e. The molecule has 0 aromatic rings. The van der Waals surface area contributed by atoms with Gasteiger partial charge in [-0.25, -0.2) is 0 Å². The summed E-state index contributed by atoms with van der Waals surface area (Å²) in [4.78, 5) is 2.35. The van der Waals surface area contributed by atoms with E-state index in [0.717, 1.165) is 25.6 Å². The minimum atomic E-state index is -0.403. The Morgan fingerprint density at radius 1 is 1.19 bits per heavy atom. The van der Waals surface area contributed by atoms with Crippen LogP contribution in [0.15, 0.2) is 0 Å². The molecule has 5 heteroatoms. The lowest BCUT2D eigenvalue weighted by Gasteiger charge is -2.33. The van der Waals surface area contributed by atoms with E-state index in [1.54, 1.807) is 7.11 Å². The van der Waals surface area contributed by atoms with Gasteiger partial charge >= 0.3 is 0 Å². The van der Waals surface area contributed by atoms with Crippen molar-refractivity contribution in [3.63, 3.8) is 0 Å². The van der Waals surface area contributed by atoms with Crippen molar-refractivity contribution in [2.24, 2.45) is 5.92 Å². The van der Waals surface area contributed by atoms with Crippen LogP contribution in [0.1, 0.15) is 32.6 Å². The molecule has 0 radical (unpaired) electrons. The minimum Gasteiger partial charge on any atom is -0.389 e. The quantitative estimate of drug-likeness (QED) is 0.627. The molecule has 0 aromatic carbocycles. The number of methoxy groups -OCH3 is 1. The van der Waals surface area contributed by atoms with Gasteiger partial charge in [0.15, 0.2) is 0 Å². The lowest BCUT2D eigenvalue weighted by atomic mass is 10.0. The van der Waals surface area contributed by atoms with Crippen LogP contribution in [0, 0.1) is 5.92 Å². The molecule has 2 fully saturated rings. The third-order valence-electron chi connectivity index (χ3n) is 4.42. The molecule has 0 aromatic heterocycles. The number of hydrogen-bond acceptors (Lipinski definition) is 5. The van der Waals surface area contributed by atoms with E-state index < -0.39 is 6.10 Å². The summed E-state index contributed by atoms with van der Waals surface area (Å²) in [6, 6.07) is 0.678. The van der Waals surface area contributed by atoms with E-state index in [1.165, 1.54) is 32.2 Å². The van der Waals surface area contributed by atoms with Crippen molar-refractivity contribution in [3.05, 3.63) is 0 Å². The Balaban J connectivity index is 1.52. The molecule has 2 unspecified atom stereocenters. The maximum absolute atomic E-state index is 10.0. The van der Waals surface area contributed by atoms with E-state index in [4.69, 9.17) is 9.47 Å². The first-order valence-corrected chi connectivity index (χ1v) is 8.41. The molecule has 1 saturated heterocycles. The van der Waals surface area contributed by atoms with Crippen LogP contribution in [0.2, 0.25) is 0 Å². The summed E-state index contributed by atoms with van der Waals surface area (Å²) in [5, 5.41) is 13.7. The first-order chi connectivity index (χ1) is 10.2. The Morgan fingerprint density at radius 2 is 1.90 bits per heavy atom. The summed E-state index contributed by atoms with van der Waals surface area (Å²) in [6.45, 7) is 7.01. The van der Waals surface area contributed by atoms with Crippen LogP contribution in [0.3, 0.4) is 0 Å². The van der Waals surface area contributed by atoms with Crippen molar-refractivity contribution in [2.45, 2.75) is 50.9 Å². The molecule has 0 bridgehead atoms. The van der Waals surface area contributed by atoms with Crippen molar-refractivity contribution in [1.29, 1.82) is 0 Å². The fourth-order valence-corrected chi connectivity index (χ4v) is 2.88. The Kier molecular flexibility index (Phi) is 7.40. The molecule has 1 heterocycles. The maximum atomic E-state index is 10.0. The Hall–Kier alpha value is -0.200. The predicted octanol–water partition coefficient (Wildman–Crippen LogP) is 0.863. The summed E-state index contributed by atoms with van der Waals surface area (Å²) in [5.41, 5.74) is 0. The van der Waals surface area contributed by atoms with Gasteiger partial charge in [0.2, 0.25) is 0 Å². The van der Waals surface area contributed by atoms with E-state index in [0.29, 0.717) is 19.3 Å². The Labute approximate surface area is 129 Å². The van der Waals surface area contributed by atoms with E-state index >= 15 is 0 Å². The highest BCUT2D eigenvalue weighted by Gasteiger charge is 2.25. The molecule has 2 aliphatic rings. The number of piperidine rings is 1. The van der Waals surface area contributed by atoms with Gasteiger partial charge in [-0.3, -0.25) is 0 Å². The second-order valence-corrected chi connectivity index (χ2v) is 6.68. The van der Waals surface area contributed by atoms with Crippen LogP contribution in [-0.4, -0.2) is 74.8 Å². The smallest absolute Gasteiger partial charge is 0.0900 e. The number of ether oxygens (including phenoxy) is 2. The van der Waals surface area contributed by atoms with Gasteiger partial charge in [-0.1, -0.05) is 0 Å². The molecule has 1 aliphatic carbocycles. The summed E-state index contributed by atoms with van der Waals surface area (Å²) < 4.78 is 10.6. The standard InChI is InChI=1S/C16H32N2O3/c1-13(11-20-2)21-12-16(19)10-18-7-5-15(6-8-18)17-9-14-3-4-14/h13-17,19H,3-12H2,1-2H3. The van der Waals surface area contributed by atoms with Gasteiger partial charge in [0.05, 0.1) is 25.4 Å². The molecule has 1 aliphatic heterocycles. The topological polar surface area (TPSA) is 54.0 Å². The van der Waals surface area contributed by atoms with Crippen molar-refractivity contribution in [2.75, 3.05) is 46.5 Å². The number of hydrogen-bond donors (Lipinski definition) is 2. The highest BCUT2D eigenvalue weighted by molar-refractivity contribution is 4.82. The Bertz CT molecular complexity index is 279. The number of aliphatic hydroxyl groups is 1. The van der Waals surface area contributed by atoms with Crippen LogP contribution in [0.25, 0.3) is 0 Å². The van der Waals surface area contributed by atoms with Crippen LogP contribution in [-0.2, 0) is 9.47 Å². The number of rotatable bonds is 10. The second-order valence-electron chi connectivity index (χ2n) is 6.68. The fourth-order valence-electron chi connectivity index (χ4n) is 2.88. The molecule has 2 atom stereocenters. The van der Waals surface area contributed by atoms with Crippen LogP contribution in [0.4, 0.5) is 0 Å². The summed E-state index contributed by atoms with van der Waals surface area (Å²) >= 11 is 0. The number of nitrogens with one attached hydrogen (secondary N) is 1. The summed E-state index contributed by atoms with van der Waals surface area (Å²) in [7, 11) is 1.66. The third kappa shape index (κ3) is 7.06. The zero-order chi connectivity index (χ0) is 15.1. The summed E-state index contributed by atoms with van der Waals surface area (Å²) in [6.07, 6.45) is 4.86.